The van der Waals surface area contributed by atoms with Crippen LogP contribution in [0.3, 0.4) is 0 Å². The van der Waals surface area contributed by atoms with E-state index in [9.17, 15) is 4.79 Å². The lowest BCUT2D eigenvalue weighted by Gasteiger charge is -2.36. The van der Waals surface area contributed by atoms with E-state index >= 15 is 0 Å². The molecule has 0 aliphatic carbocycles. The van der Waals surface area contributed by atoms with Crippen LogP contribution in [0.4, 0.5) is 0 Å². The van der Waals surface area contributed by atoms with E-state index in [1.807, 2.05) is 30.3 Å². The minimum atomic E-state index is -0.154. The van der Waals surface area contributed by atoms with Crippen LogP contribution in [0.15, 0.2) is 30.3 Å². The van der Waals surface area contributed by atoms with Crippen molar-refractivity contribution in [3.8, 4) is 0 Å². The van der Waals surface area contributed by atoms with Gasteiger partial charge in [-0.15, -0.1) is 0 Å². The highest BCUT2D eigenvalue weighted by Crippen LogP contribution is 2.32. The van der Waals surface area contributed by atoms with Gasteiger partial charge in [0.25, 0.3) is 0 Å². The Labute approximate surface area is 152 Å². The van der Waals surface area contributed by atoms with Crippen LogP contribution < -0.4 is 0 Å². The third-order valence-corrected chi connectivity index (χ3v) is 4.33. The van der Waals surface area contributed by atoms with Crippen molar-refractivity contribution in [3.05, 3.63) is 35.9 Å². The van der Waals surface area contributed by atoms with Crippen molar-refractivity contribution >= 4 is 5.97 Å². The van der Waals surface area contributed by atoms with Gasteiger partial charge >= 0.3 is 5.97 Å². The van der Waals surface area contributed by atoms with Crippen LogP contribution >= 0.6 is 0 Å². The van der Waals surface area contributed by atoms with Gasteiger partial charge in [-0.2, -0.15) is 0 Å². The third-order valence-electron chi connectivity index (χ3n) is 4.33. The second kappa shape index (κ2) is 10.6. The Morgan fingerprint density at radius 2 is 1.76 bits per heavy atom. The minimum absolute atomic E-state index is 0.000505. The first-order valence-electron chi connectivity index (χ1n) is 9.04. The lowest BCUT2D eigenvalue weighted by Crippen LogP contribution is -2.37. The Balaban J connectivity index is 2.48. The molecule has 0 saturated heterocycles. The van der Waals surface area contributed by atoms with E-state index < -0.39 is 0 Å². The molecule has 3 atom stereocenters. The molecule has 1 aromatic carbocycles. The lowest BCUT2D eigenvalue weighted by atomic mass is 9.78. The molecule has 0 aromatic heterocycles. The maximum atomic E-state index is 11.4. The van der Waals surface area contributed by atoms with Gasteiger partial charge in [-0.05, 0) is 29.2 Å². The predicted octanol–water partition coefficient (Wildman–Crippen LogP) is 4.82. The Morgan fingerprint density at radius 3 is 2.32 bits per heavy atom. The van der Waals surface area contributed by atoms with Crippen molar-refractivity contribution in [2.75, 3.05) is 13.9 Å². The molecule has 0 fully saturated rings. The smallest absolute Gasteiger partial charge is 0.305 e. The first-order chi connectivity index (χ1) is 11.7. The largest absolute Gasteiger partial charge is 0.469 e. The Hall–Kier alpha value is -1.39. The fourth-order valence-electron chi connectivity index (χ4n) is 3.33. The zero-order valence-corrected chi connectivity index (χ0v) is 16.6. The van der Waals surface area contributed by atoms with Gasteiger partial charge < -0.3 is 14.2 Å². The maximum absolute atomic E-state index is 11.4. The first kappa shape index (κ1) is 21.7. The monoisotopic (exact) mass is 350 g/mol. The van der Waals surface area contributed by atoms with Crippen LogP contribution in [0.5, 0.6) is 0 Å². The van der Waals surface area contributed by atoms with Crippen LogP contribution in [-0.2, 0) is 25.6 Å². The van der Waals surface area contributed by atoms with E-state index in [0.717, 1.165) is 12.0 Å². The highest BCUT2D eigenvalue weighted by molar-refractivity contribution is 5.69. The Kier molecular flexibility index (Phi) is 9.15. The maximum Gasteiger partial charge on any atom is 0.305 e. The van der Waals surface area contributed by atoms with Crippen molar-refractivity contribution in [3.63, 3.8) is 0 Å². The summed E-state index contributed by atoms with van der Waals surface area (Å²) in [5.74, 6) is 0.431. The molecule has 0 bridgehead atoms. The number of rotatable bonds is 10. The van der Waals surface area contributed by atoms with Gasteiger partial charge in [0.1, 0.15) is 6.79 Å². The van der Waals surface area contributed by atoms with Crippen LogP contribution in [-0.4, -0.2) is 26.0 Å². The summed E-state index contributed by atoms with van der Waals surface area (Å²) < 4.78 is 16.5. The molecular weight excluding hydrogens is 316 g/mol. The van der Waals surface area contributed by atoms with E-state index in [4.69, 9.17) is 14.2 Å². The van der Waals surface area contributed by atoms with Crippen molar-refractivity contribution in [2.45, 2.75) is 60.2 Å². The van der Waals surface area contributed by atoms with Gasteiger partial charge in [-0.25, -0.2) is 0 Å². The normalized spacial score (nSPS) is 15.4. The molecule has 0 aliphatic heterocycles. The third kappa shape index (κ3) is 8.50. The van der Waals surface area contributed by atoms with E-state index in [1.165, 1.54) is 7.11 Å². The van der Waals surface area contributed by atoms with Crippen molar-refractivity contribution < 1.29 is 19.0 Å². The zero-order valence-electron chi connectivity index (χ0n) is 16.6. The lowest BCUT2D eigenvalue weighted by molar-refractivity contribution is -0.147. The number of methoxy groups -OCH3 is 1. The van der Waals surface area contributed by atoms with Gasteiger partial charge in [-0.3, -0.25) is 4.79 Å². The van der Waals surface area contributed by atoms with Crippen molar-refractivity contribution in [1.82, 2.24) is 0 Å². The second-order valence-electron chi connectivity index (χ2n) is 8.00. The SMILES string of the molecule is COC(=O)C[C@H](C)C[C@H](C)[C@H](OCOCc1ccccc1)C(C)(C)C. The number of hydrogen-bond acceptors (Lipinski definition) is 4. The quantitative estimate of drug-likeness (QED) is 0.345. The van der Waals surface area contributed by atoms with Crippen LogP contribution in [0.2, 0.25) is 0 Å². The molecule has 0 spiro atoms. The van der Waals surface area contributed by atoms with Gasteiger partial charge in [0.05, 0.1) is 19.8 Å². The number of carbonyl (C=O) groups is 1. The summed E-state index contributed by atoms with van der Waals surface area (Å²) in [5.41, 5.74) is 1.14. The van der Waals surface area contributed by atoms with E-state index in [2.05, 4.69) is 34.6 Å². The molecule has 0 saturated carbocycles. The van der Waals surface area contributed by atoms with Gasteiger partial charge in [0.2, 0.25) is 0 Å². The number of carbonyl (C=O) groups excluding carboxylic acids is 1. The molecule has 0 radical (unpaired) electrons. The fourth-order valence-corrected chi connectivity index (χ4v) is 3.33. The summed E-state index contributed by atoms with van der Waals surface area (Å²) in [6.45, 7) is 11.6. The van der Waals surface area contributed by atoms with Crippen molar-refractivity contribution in [2.24, 2.45) is 17.3 Å². The van der Waals surface area contributed by atoms with Crippen molar-refractivity contribution in [1.29, 1.82) is 0 Å². The molecule has 4 heteroatoms. The predicted molar refractivity (Wildman–Crippen MR) is 100 cm³/mol. The number of hydrogen-bond donors (Lipinski definition) is 0. The number of esters is 1. The Bertz CT molecular complexity index is 492. The summed E-state index contributed by atoms with van der Waals surface area (Å²) in [6, 6.07) is 10.1. The molecule has 0 heterocycles. The molecule has 1 rings (SSSR count). The van der Waals surface area contributed by atoms with E-state index in [-0.39, 0.29) is 30.2 Å². The van der Waals surface area contributed by atoms with Crippen LogP contribution in [0.1, 0.15) is 53.0 Å². The molecular formula is C21H34O4. The molecule has 0 N–H and O–H groups in total. The molecule has 25 heavy (non-hydrogen) atoms. The summed E-state index contributed by atoms with van der Waals surface area (Å²) in [5, 5.41) is 0. The van der Waals surface area contributed by atoms with Gasteiger partial charge in [0, 0.05) is 6.42 Å². The zero-order chi connectivity index (χ0) is 18.9. The number of benzene rings is 1. The summed E-state index contributed by atoms with van der Waals surface area (Å²) in [7, 11) is 1.43. The first-order valence-corrected chi connectivity index (χ1v) is 9.04. The van der Waals surface area contributed by atoms with E-state index in [0.29, 0.717) is 18.9 Å². The fraction of sp³-hybridized carbons (Fsp3) is 0.667. The highest BCUT2D eigenvalue weighted by Gasteiger charge is 2.31. The molecule has 142 valence electrons. The highest BCUT2D eigenvalue weighted by atomic mass is 16.7. The summed E-state index contributed by atoms with van der Waals surface area (Å²) >= 11 is 0. The topological polar surface area (TPSA) is 44.8 Å². The Morgan fingerprint density at radius 1 is 1.12 bits per heavy atom. The molecule has 0 aliphatic rings. The molecule has 0 unspecified atom stereocenters. The molecule has 4 nitrogen and oxygen atoms in total. The average Bonchev–Trinajstić information content (AvgIpc) is 2.53. The summed E-state index contributed by atoms with van der Waals surface area (Å²) in [4.78, 5) is 11.4. The van der Waals surface area contributed by atoms with Crippen LogP contribution in [0.25, 0.3) is 0 Å². The second-order valence-corrected chi connectivity index (χ2v) is 8.00. The van der Waals surface area contributed by atoms with Gasteiger partial charge in [-0.1, -0.05) is 65.0 Å². The average molecular weight is 350 g/mol. The van der Waals surface area contributed by atoms with Crippen LogP contribution in [0, 0.1) is 17.3 Å². The minimum Gasteiger partial charge on any atom is -0.469 e. The molecule has 0 amide bonds. The molecule has 1 aromatic rings. The standard InChI is InChI=1S/C21H34O4/c1-16(13-19(22)23-6)12-17(2)20(21(3,4)5)25-15-24-14-18-10-8-7-9-11-18/h7-11,16-17,20H,12-15H2,1-6H3/t16-,17+,20+/m1/s1. The van der Waals surface area contributed by atoms with E-state index in [1.54, 1.807) is 0 Å². The van der Waals surface area contributed by atoms with Gasteiger partial charge in [0.15, 0.2) is 0 Å². The summed E-state index contributed by atoms with van der Waals surface area (Å²) in [6.07, 6.45) is 1.42. The number of ether oxygens (including phenoxy) is 3.